The summed E-state index contributed by atoms with van der Waals surface area (Å²) in [4.78, 5) is 23.9. The minimum Gasteiger partial charge on any atom is -0.365 e. The maximum Gasteiger partial charge on any atom is 0.254 e. The third kappa shape index (κ3) is 2.39. The Morgan fingerprint density at radius 3 is 2.50 bits per heavy atom. The van der Waals surface area contributed by atoms with E-state index >= 15 is 0 Å². The highest BCUT2D eigenvalue weighted by Gasteiger charge is 2.15. The average Bonchev–Trinajstić information content (AvgIpc) is 3.02. The largest absolute Gasteiger partial charge is 0.365 e. The zero-order valence-corrected chi connectivity index (χ0v) is 11.3. The molecule has 2 aromatic heterocycles. The monoisotopic (exact) mass is 298 g/mol. The maximum absolute atomic E-state index is 13.0. The number of nitrogens with zero attached hydrogens (tertiary/aromatic N) is 2. The number of rotatable bonds is 3. The first-order chi connectivity index (χ1) is 10.6. The number of hydrogen-bond donors (Lipinski definition) is 2. The van der Waals surface area contributed by atoms with Crippen molar-refractivity contribution in [1.29, 1.82) is 0 Å². The highest BCUT2D eigenvalue weighted by Crippen LogP contribution is 2.18. The van der Waals surface area contributed by atoms with E-state index in [0.717, 1.165) is 0 Å². The molecule has 0 atom stereocenters. The van der Waals surface area contributed by atoms with E-state index in [-0.39, 0.29) is 11.1 Å². The Morgan fingerprint density at radius 1 is 1.18 bits per heavy atom. The van der Waals surface area contributed by atoms with E-state index in [9.17, 15) is 14.0 Å². The summed E-state index contributed by atoms with van der Waals surface area (Å²) in [6.45, 7) is 0. The van der Waals surface area contributed by atoms with Gasteiger partial charge in [-0.2, -0.15) is 5.10 Å². The molecule has 0 saturated heterocycles. The Hall–Kier alpha value is -3.22. The van der Waals surface area contributed by atoms with Gasteiger partial charge in [0.1, 0.15) is 11.4 Å². The molecule has 7 heteroatoms. The van der Waals surface area contributed by atoms with Crippen LogP contribution in [-0.2, 0) is 0 Å². The number of aromatic amines is 1. The normalized spacial score (nSPS) is 10.6. The number of H-pyrrole nitrogens is 1. The van der Waals surface area contributed by atoms with Crippen LogP contribution in [0.2, 0.25) is 0 Å². The lowest BCUT2D eigenvalue weighted by atomic mass is 10.0. The number of pyridine rings is 1. The van der Waals surface area contributed by atoms with Gasteiger partial charge in [0, 0.05) is 30.2 Å². The van der Waals surface area contributed by atoms with Crippen LogP contribution in [0.4, 0.5) is 4.39 Å². The zero-order chi connectivity index (χ0) is 15.7. The number of carbonyl (C=O) groups is 1. The molecule has 22 heavy (non-hydrogen) atoms. The van der Waals surface area contributed by atoms with Gasteiger partial charge in [0.15, 0.2) is 5.82 Å². The number of nitrogens with two attached hydrogens (primary N) is 1. The Kier molecular flexibility index (Phi) is 3.30. The molecule has 0 aliphatic carbocycles. The number of carbonyl (C=O) groups excluding carboxylic acids is 1. The van der Waals surface area contributed by atoms with Gasteiger partial charge >= 0.3 is 0 Å². The molecule has 0 fully saturated rings. The van der Waals surface area contributed by atoms with Crippen LogP contribution in [0, 0.1) is 5.82 Å². The first-order valence-electron chi connectivity index (χ1n) is 6.38. The molecule has 2 heterocycles. The number of hydrogen-bond acceptors (Lipinski definition) is 3. The number of halogens is 1. The number of aromatic nitrogens is 3. The van der Waals surface area contributed by atoms with Crippen LogP contribution in [0.5, 0.6) is 0 Å². The summed E-state index contributed by atoms with van der Waals surface area (Å²) in [7, 11) is 0. The van der Waals surface area contributed by atoms with Gasteiger partial charge in [-0.1, -0.05) is 12.1 Å². The van der Waals surface area contributed by atoms with Crippen molar-refractivity contribution in [2.24, 2.45) is 5.73 Å². The van der Waals surface area contributed by atoms with Gasteiger partial charge < -0.3 is 10.3 Å². The van der Waals surface area contributed by atoms with Crippen LogP contribution in [0.25, 0.3) is 16.9 Å². The fraction of sp³-hybridized carbons (Fsp3) is 0. The molecular formula is C15H11FN4O2. The minimum atomic E-state index is -0.835. The van der Waals surface area contributed by atoms with E-state index in [4.69, 9.17) is 5.73 Å². The molecule has 0 aliphatic heterocycles. The second-order valence-electron chi connectivity index (χ2n) is 4.63. The molecule has 3 aromatic rings. The topological polar surface area (TPSA) is 93.8 Å². The Labute approximate surface area is 124 Å². The van der Waals surface area contributed by atoms with Gasteiger partial charge in [0.25, 0.3) is 5.91 Å². The molecule has 0 saturated carbocycles. The smallest absolute Gasteiger partial charge is 0.254 e. The van der Waals surface area contributed by atoms with Crippen molar-refractivity contribution in [3.8, 4) is 16.9 Å². The molecule has 1 aromatic carbocycles. The molecule has 1 amide bonds. The van der Waals surface area contributed by atoms with Gasteiger partial charge in [-0.15, -0.1) is 0 Å². The molecular weight excluding hydrogens is 287 g/mol. The van der Waals surface area contributed by atoms with E-state index in [2.05, 4.69) is 10.2 Å². The number of benzene rings is 1. The summed E-state index contributed by atoms with van der Waals surface area (Å²) in [5, 5.41) is 6.63. The summed E-state index contributed by atoms with van der Waals surface area (Å²) < 4.78 is 14.6. The SMILES string of the molecule is NC(=O)c1cn(-c2cc[nH]n2)cc(-c2ccc(F)cc2)c1=O. The van der Waals surface area contributed by atoms with Crippen LogP contribution in [-0.4, -0.2) is 20.7 Å². The number of amides is 1. The van der Waals surface area contributed by atoms with Gasteiger partial charge in [0.2, 0.25) is 5.43 Å². The Morgan fingerprint density at radius 2 is 1.91 bits per heavy atom. The number of primary amides is 1. The summed E-state index contributed by atoms with van der Waals surface area (Å²) >= 11 is 0. The summed E-state index contributed by atoms with van der Waals surface area (Å²) in [6.07, 6.45) is 4.46. The quantitative estimate of drug-likeness (QED) is 0.766. The molecule has 0 bridgehead atoms. The fourth-order valence-corrected chi connectivity index (χ4v) is 2.12. The van der Waals surface area contributed by atoms with E-state index in [1.54, 1.807) is 12.3 Å². The lowest BCUT2D eigenvalue weighted by Gasteiger charge is -2.09. The van der Waals surface area contributed by atoms with Gasteiger partial charge in [-0.3, -0.25) is 14.7 Å². The average molecular weight is 298 g/mol. The predicted octanol–water partition coefficient (Wildman–Crippen LogP) is 1.47. The predicted molar refractivity (Wildman–Crippen MR) is 78.1 cm³/mol. The molecule has 3 rings (SSSR count). The van der Waals surface area contributed by atoms with Gasteiger partial charge in [-0.05, 0) is 17.7 Å². The van der Waals surface area contributed by atoms with Crippen molar-refractivity contribution >= 4 is 5.91 Å². The van der Waals surface area contributed by atoms with E-state index < -0.39 is 17.2 Å². The lowest BCUT2D eigenvalue weighted by molar-refractivity contribution is 0.0999. The highest BCUT2D eigenvalue weighted by molar-refractivity contribution is 5.93. The maximum atomic E-state index is 13.0. The second-order valence-corrected chi connectivity index (χ2v) is 4.63. The highest BCUT2D eigenvalue weighted by atomic mass is 19.1. The minimum absolute atomic E-state index is 0.162. The van der Waals surface area contributed by atoms with E-state index in [1.165, 1.54) is 41.2 Å². The van der Waals surface area contributed by atoms with Gasteiger partial charge in [0.05, 0.1) is 0 Å². The van der Waals surface area contributed by atoms with E-state index in [0.29, 0.717) is 11.4 Å². The standard InChI is InChI=1S/C15H11FN4O2/c16-10-3-1-9(2-4-10)11-7-20(13-5-6-18-19-13)8-12(14(11)21)15(17)22/h1-8H,(H2,17,22)(H,18,19). The Balaban J connectivity index is 2.26. The molecule has 0 radical (unpaired) electrons. The molecule has 0 unspecified atom stereocenters. The first kappa shape index (κ1) is 13.7. The van der Waals surface area contributed by atoms with Crippen molar-refractivity contribution in [3.63, 3.8) is 0 Å². The lowest BCUT2D eigenvalue weighted by Crippen LogP contribution is -2.24. The summed E-state index contributed by atoms with van der Waals surface area (Å²) in [6, 6.07) is 7.08. The van der Waals surface area contributed by atoms with Crippen LogP contribution in [0.1, 0.15) is 10.4 Å². The van der Waals surface area contributed by atoms with Crippen LogP contribution in [0.3, 0.4) is 0 Å². The third-order valence-corrected chi connectivity index (χ3v) is 3.20. The van der Waals surface area contributed by atoms with Crippen molar-refractivity contribution in [2.75, 3.05) is 0 Å². The third-order valence-electron chi connectivity index (χ3n) is 3.20. The van der Waals surface area contributed by atoms with Crippen molar-refractivity contribution in [1.82, 2.24) is 14.8 Å². The van der Waals surface area contributed by atoms with Gasteiger partial charge in [-0.25, -0.2) is 4.39 Å². The van der Waals surface area contributed by atoms with Crippen molar-refractivity contribution < 1.29 is 9.18 Å². The molecule has 0 spiro atoms. The van der Waals surface area contributed by atoms with Crippen molar-refractivity contribution in [3.05, 3.63) is 70.5 Å². The molecule has 0 aliphatic rings. The van der Waals surface area contributed by atoms with Crippen molar-refractivity contribution in [2.45, 2.75) is 0 Å². The molecule has 110 valence electrons. The fourth-order valence-electron chi connectivity index (χ4n) is 2.12. The zero-order valence-electron chi connectivity index (χ0n) is 11.3. The second kappa shape index (κ2) is 5.28. The van der Waals surface area contributed by atoms with E-state index in [1.807, 2.05) is 0 Å². The van der Waals surface area contributed by atoms with Crippen LogP contribution >= 0.6 is 0 Å². The molecule has 6 nitrogen and oxygen atoms in total. The van der Waals surface area contributed by atoms with Crippen LogP contribution in [0.15, 0.2) is 53.7 Å². The Bertz CT molecular complexity index is 883. The first-order valence-corrected chi connectivity index (χ1v) is 6.38. The van der Waals surface area contributed by atoms with Crippen LogP contribution < -0.4 is 11.2 Å². The summed E-state index contributed by atoms with van der Waals surface area (Å²) in [5.41, 5.74) is 5.32. The summed E-state index contributed by atoms with van der Waals surface area (Å²) in [5.74, 6) is -0.758. The number of nitrogens with one attached hydrogen (secondary N) is 1. The molecule has 3 N–H and O–H groups in total.